The van der Waals surface area contributed by atoms with Gasteiger partial charge in [0.25, 0.3) is 0 Å². The fraction of sp³-hybridized carbons (Fsp3) is 0.600. The number of benzene rings is 1. The Bertz CT molecular complexity index is 370. The second kappa shape index (κ2) is 7.71. The number of hydrogen-bond donors (Lipinski definition) is 3. The number of hydroxylamine groups is 2. The van der Waals surface area contributed by atoms with Gasteiger partial charge in [0.15, 0.2) is 0 Å². The van der Waals surface area contributed by atoms with E-state index in [-0.39, 0.29) is 12.0 Å². The van der Waals surface area contributed by atoms with Gasteiger partial charge < -0.3 is 20.2 Å². The summed E-state index contributed by atoms with van der Waals surface area (Å²) in [6.45, 7) is 2.86. The zero-order chi connectivity index (χ0) is 15.2. The Kier molecular flexibility index (Phi) is 6.58. The Morgan fingerprint density at radius 2 is 1.55 bits per heavy atom. The van der Waals surface area contributed by atoms with Crippen LogP contribution in [-0.2, 0) is 4.84 Å². The fourth-order valence-electron chi connectivity index (χ4n) is 2.40. The summed E-state index contributed by atoms with van der Waals surface area (Å²) in [6, 6.07) is 9.53. The summed E-state index contributed by atoms with van der Waals surface area (Å²) in [6.07, 6.45) is 0. The van der Waals surface area contributed by atoms with Gasteiger partial charge in [-0.15, -0.1) is 0 Å². The van der Waals surface area contributed by atoms with Crippen molar-refractivity contribution in [2.45, 2.75) is 25.4 Å². The molecule has 114 valence electrons. The molecule has 3 N–H and O–H groups in total. The molecular weight excluding hydrogens is 258 g/mol. The first-order valence-electron chi connectivity index (χ1n) is 6.77. The average molecular weight is 283 g/mol. The molecule has 1 atom stereocenters. The van der Waals surface area contributed by atoms with Crippen molar-refractivity contribution in [3.05, 3.63) is 35.9 Å². The van der Waals surface area contributed by atoms with Gasteiger partial charge in [0, 0.05) is 0 Å². The second-order valence-electron chi connectivity index (χ2n) is 5.31. The van der Waals surface area contributed by atoms with E-state index < -0.39 is 25.4 Å². The summed E-state index contributed by atoms with van der Waals surface area (Å²) < 4.78 is 0. The first kappa shape index (κ1) is 17.1. The number of aliphatic hydroxyl groups is 3. The van der Waals surface area contributed by atoms with Gasteiger partial charge in [-0.3, -0.25) is 0 Å². The van der Waals surface area contributed by atoms with Crippen LogP contribution in [0.5, 0.6) is 0 Å². The van der Waals surface area contributed by atoms with E-state index in [0.717, 1.165) is 5.56 Å². The molecule has 0 saturated carbocycles. The Hall–Kier alpha value is -0.980. The van der Waals surface area contributed by atoms with Gasteiger partial charge in [0.2, 0.25) is 0 Å². The molecule has 0 aliphatic heterocycles. The topological polar surface area (TPSA) is 73.2 Å². The van der Waals surface area contributed by atoms with Crippen molar-refractivity contribution >= 4 is 0 Å². The number of hydrogen-bond acceptors (Lipinski definition) is 5. The Labute approximate surface area is 120 Å². The highest BCUT2D eigenvalue weighted by atomic mass is 16.7. The minimum Gasteiger partial charge on any atom is -0.394 e. The molecule has 1 aromatic rings. The van der Waals surface area contributed by atoms with E-state index in [1.165, 1.54) is 12.2 Å². The predicted octanol–water partition coefficient (Wildman–Crippen LogP) is 0.963. The van der Waals surface area contributed by atoms with E-state index in [1.807, 2.05) is 44.2 Å². The van der Waals surface area contributed by atoms with Gasteiger partial charge in [-0.2, -0.15) is 5.06 Å². The van der Waals surface area contributed by atoms with Gasteiger partial charge in [0.05, 0.1) is 33.0 Å². The largest absolute Gasteiger partial charge is 0.394 e. The van der Waals surface area contributed by atoms with Crippen LogP contribution < -0.4 is 0 Å². The maximum absolute atomic E-state index is 9.61. The smallest absolute Gasteiger partial charge is 0.116 e. The number of aliphatic hydroxyl groups excluding tert-OH is 3. The van der Waals surface area contributed by atoms with Crippen LogP contribution in [0, 0.1) is 5.92 Å². The highest BCUT2D eigenvalue weighted by molar-refractivity contribution is 5.20. The third-order valence-electron chi connectivity index (χ3n) is 3.57. The third-order valence-corrected chi connectivity index (χ3v) is 3.57. The van der Waals surface area contributed by atoms with Gasteiger partial charge in [-0.05, 0) is 11.5 Å². The lowest BCUT2D eigenvalue weighted by Gasteiger charge is -2.44. The van der Waals surface area contributed by atoms with E-state index in [0.29, 0.717) is 0 Å². The average Bonchev–Trinajstić information content (AvgIpc) is 2.48. The molecular formula is C15H25NO4. The van der Waals surface area contributed by atoms with E-state index >= 15 is 0 Å². The molecule has 1 rings (SSSR count). The summed E-state index contributed by atoms with van der Waals surface area (Å²) in [4.78, 5) is 5.42. The van der Waals surface area contributed by atoms with Gasteiger partial charge in [0.1, 0.15) is 5.54 Å². The highest BCUT2D eigenvalue weighted by Gasteiger charge is 2.42. The number of rotatable bonds is 8. The molecule has 0 fully saturated rings. The van der Waals surface area contributed by atoms with Crippen molar-refractivity contribution in [2.75, 3.05) is 26.9 Å². The standard InChI is InChI=1S/C15H25NO4/c1-12(2)14(13-7-5-4-6-8-13)16(20-3)15(9-17,10-18)11-19/h4-8,12,14,17-19H,9-11H2,1-3H3. The van der Waals surface area contributed by atoms with Crippen LogP contribution in [0.2, 0.25) is 0 Å². The zero-order valence-electron chi connectivity index (χ0n) is 12.4. The molecule has 0 bridgehead atoms. The van der Waals surface area contributed by atoms with Crippen molar-refractivity contribution in [2.24, 2.45) is 5.92 Å². The van der Waals surface area contributed by atoms with Crippen molar-refractivity contribution in [1.82, 2.24) is 5.06 Å². The monoisotopic (exact) mass is 283 g/mol. The van der Waals surface area contributed by atoms with Crippen LogP contribution in [0.25, 0.3) is 0 Å². The van der Waals surface area contributed by atoms with Crippen LogP contribution >= 0.6 is 0 Å². The minimum absolute atomic E-state index is 0.168. The van der Waals surface area contributed by atoms with Gasteiger partial charge in [-0.25, -0.2) is 0 Å². The maximum Gasteiger partial charge on any atom is 0.116 e. The minimum atomic E-state index is -1.22. The lowest BCUT2D eigenvalue weighted by atomic mass is 9.91. The van der Waals surface area contributed by atoms with Gasteiger partial charge >= 0.3 is 0 Å². The lowest BCUT2D eigenvalue weighted by molar-refractivity contribution is -0.265. The fourth-order valence-corrected chi connectivity index (χ4v) is 2.40. The Morgan fingerprint density at radius 3 is 1.90 bits per heavy atom. The van der Waals surface area contributed by atoms with E-state index in [2.05, 4.69) is 0 Å². The first-order valence-corrected chi connectivity index (χ1v) is 6.77. The molecule has 0 amide bonds. The van der Waals surface area contributed by atoms with Crippen LogP contribution in [0.15, 0.2) is 30.3 Å². The number of nitrogens with zero attached hydrogens (tertiary/aromatic N) is 1. The van der Waals surface area contributed by atoms with Crippen molar-refractivity contribution in [3.8, 4) is 0 Å². The van der Waals surface area contributed by atoms with Crippen molar-refractivity contribution < 1.29 is 20.2 Å². The summed E-state index contributed by atoms with van der Waals surface area (Å²) in [5, 5.41) is 30.3. The van der Waals surface area contributed by atoms with Crippen molar-refractivity contribution in [3.63, 3.8) is 0 Å². The molecule has 0 aliphatic carbocycles. The molecule has 0 saturated heterocycles. The van der Waals surface area contributed by atoms with E-state index in [1.54, 1.807) is 0 Å². The normalized spacial score (nSPS) is 14.0. The molecule has 0 radical (unpaired) electrons. The summed E-state index contributed by atoms with van der Waals surface area (Å²) in [7, 11) is 1.48. The summed E-state index contributed by atoms with van der Waals surface area (Å²) in [5.74, 6) is 0.168. The van der Waals surface area contributed by atoms with Crippen LogP contribution in [0.4, 0.5) is 0 Å². The molecule has 1 aromatic carbocycles. The van der Waals surface area contributed by atoms with Crippen LogP contribution in [-0.4, -0.2) is 52.9 Å². The molecule has 0 spiro atoms. The second-order valence-corrected chi connectivity index (χ2v) is 5.31. The molecule has 20 heavy (non-hydrogen) atoms. The molecule has 0 heterocycles. The third kappa shape index (κ3) is 3.37. The molecule has 1 unspecified atom stereocenters. The lowest BCUT2D eigenvalue weighted by Crippen LogP contribution is -2.58. The molecule has 0 aromatic heterocycles. The molecule has 5 heteroatoms. The summed E-state index contributed by atoms with van der Waals surface area (Å²) in [5.41, 5.74) is -0.219. The summed E-state index contributed by atoms with van der Waals surface area (Å²) >= 11 is 0. The molecule has 0 aliphatic rings. The Balaban J connectivity index is 3.23. The maximum atomic E-state index is 9.61. The quantitative estimate of drug-likeness (QED) is 0.620. The van der Waals surface area contributed by atoms with Crippen LogP contribution in [0.1, 0.15) is 25.5 Å². The SMILES string of the molecule is CON(C(c1ccccc1)C(C)C)C(CO)(CO)CO. The predicted molar refractivity (Wildman–Crippen MR) is 76.9 cm³/mol. The van der Waals surface area contributed by atoms with Crippen molar-refractivity contribution in [1.29, 1.82) is 0 Å². The highest BCUT2D eigenvalue weighted by Crippen LogP contribution is 2.34. The Morgan fingerprint density at radius 1 is 1.05 bits per heavy atom. The van der Waals surface area contributed by atoms with E-state index in [9.17, 15) is 15.3 Å². The molecule has 5 nitrogen and oxygen atoms in total. The van der Waals surface area contributed by atoms with Gasteiger partial charge in [-0.1, -0.05) is 44.2 Å². The zero-order valence-corrected chi connectivity index (χ0v) is 12.4. The van der Waals surface area contributed by atoms with Crippen LogP contribution in [0.3, 0.4) is 0 Å². The van der Waals surface area contributed by atoms with E-state index in [4.69, 9.17) is 4.84 Å². The first-order chi connectivity index (χ1) is 9.56.